The summed E-state index contributed by atoms with van der Waals surface area (Å²) in [6.45, 7) is 1.96. The van der Waals surface area contributed by atoms with Gasteiger partial charge in [-0.15, -0.1) is 0 Å². The lowest BCUT2D eigenvalue weighted by atomic mass is 10.1. The number of para-hydroxylation sites is 1. The first kappa shape index (κ1) is 21.2. The molecular weight excluding hydrogens is 404 g/mol. The van der Waals surface area contributed by atoms with Gasteiger partial charge >= 0.3 is 0 Å². The van der Waals surface area contributed by atoms with Crippen LogP contribution in [0.1, 0.15) is 22.8 Å². The molecule has 3 aromatic rings. The third kappa shape index (κ3) is 6.25. The normalized spacial score (nSPS) is 11.3. The van der Waals surface area contributed by atoms with Crippen molar-refractivity contribution < 1.29 is 19.1 Å². The van der Waals surface area contributed by atoms with Crippen LogP contribution in [-0.2, 0) is 11.4 Å². The molecule has 7 heteroatoms. The highest BCUT2D eigenvalue weighted by atomic mass is 35.5. The van der Waals surface area contributed by atoms with Gasteiger partial charge in [0.25, 0.3) is 11.8 Å². The summed E-state index contributed by atoms with van der Waals surface area (Å²) in [5, 5.41) is 0.644. The van der Waals surface area contributed by atoms with Crippen LogP contribution >= 0.6 is 11.6 Å². The maximum atomic E-state index is 12.2. The summed E-state index contributed by atoms with van der Waals surface area (Å²) in [7, 11) is 0. The topological polar surface area (TPSA) is 76.7 Å². The van der Waals surface area contributed by atoms with Crippen LogP contribution < -0.4 is 20.3 Å². The van der Waals surface area contributed by atoms with E-state index in [1.807, 2.05) is 18.2 Å². The fourth-order valence-corrected chi connectivity index (χ4v) is 2.62. The van der Waals surface area contributed by atoms with E-state index in [2.05, 4.69) is 10.9 Å². The quantitative estimate of drug-likeness (QED) is 0.559. The van der Waals surface area contributed by atoms with E-state index in [1.54, 1.807) is 67.6 Å². The van der Waals surface area contributed by atoms with E-state index >= 15 is 0 Å². The molecule has 0 fully saturated rings. The first-order valence-corrected chi connectivity index (χ1v) is 9.68. The first-order chi connectivity index (χ1) is 14.5. The summed E-state index contributed by atoms with van der Waals surface area (Å²) >= 11 is 5.85. The molecule has 0 spiro atoms. The molecule has 0 saturated heterocycles. The Morgan fingerprint density at radius 1 is 0.867 bits per heavy atom. The number of rotatable bonds is 7. The predicted octanol–water partition coefficient (Wildman–Crippen LogP) is 4.15. The van der Waals surface area contributed by atoms with Gasteiger partial charge in [0.15, 0.2) is 6.10 Å². The highest BCUT2D eigenvalue weighted by Gasteiger charge is 2.15. The fraction of sp³-hybridized carbons (Fsp3) is 0.130. The van der Waals surface area contributed by atoms with Gasteiger partial charge in [0.2, 0.25) is 0 Å². The first-order valence-electron chi connectivity index (χ1n) is 9.30. The molecule has 1 unspecified atom stereocenters. The number of halogens is 1. The van der Waals surface area contributed by atoms with Crippen molar-refractivity contribution >= 4 is 23.4 Å². The molecule has 0 heterocycles. The number of hydrogen-bond acceptors (Lipinski definition) is 4. The zero-order valence-electron chi connectivity index (χ0n) is 16.3. The number of hydrazine groups is 1. The maximum Gasteiger partial charge on any atom is 0.279 e. The van der Waals surface area contributed by atoms with Crippen LogP contribution in [0, 0.1) is 0 Å². The van der Waals surface area contributed by atoms with Crippen molar-refractivity contribution in [3.63, 3.8) is 0 Å². The number of carbonyl (C=O) groups excluding carboxylic acids is 2. The van der Waals surface area contributed by atoms with E-state index in [1.165, 1.54) is 0 Å². The standard InChI is InChI=1S/C23H21ClN2O4/c1-16(30-21-5-3-2-4-6-21)22(27)25-26-23(28)18-9-7-17(8-10-18)15-29-20-13-11-19(24)12-14-20/h2-14,16H,15H2,1H3,(H,25,27)(H,26,28). The van der Waals surface area contributed by atoms with Crippen molar-refractivity contribution in [3.05, 3.63) is 95.0 Å². The van der Waals surface area contributed by atoms with Crippen LogP contribution in [0.15, 0.2) is 78.9 Å². The molecule has 2 amide bonds. The molecule has 30 heavy (non-hydrogen) atoms. The zero-order chi connectivity index (χ0) is 21.3. The second-order valence-electron chi connectivity index (χ2n) is 6.46. The number of nitrogens with one attached hydrogen (secondary N) is 2. The maximum absolute atomic E-state index is 12.2. The van der Waals surface area contributed by atoms with Crippen LogP contribution in [-0.4, -0.2) is 17.9 Å². The Morgan fingerprint density at radius 3 is 2.20 bits per heavy atom. The molecule has 154 valence electrons. The van der Waals surface area contributed by atoms with Gasteiger partial charge in [-0.1, -0.05) is 41.9 Å². The molecule has 0 aliphatic rings. The van der Waals surface area contributed by atoms with Gasteiger partial charge in [0.1, 0.15) is 18.1 Å². The average molecular weight is 425 g/mol. The van der Waals surface area contributed by atoms with E-state index in [0.29, 0.717) is 28.7 Å². The molecule has 0 radical (unpaired) electrons. The SMILES string of the molecule is CC(Oc1ccccc1)C(=O)NNC(=O)c1ccc(COc2ccc(Cl)cc2)cc1. The third-order valence-electron chi connectivity index (χ3n) is 4.16. The number of amides is 2. The summed E-state index contributed by atoms with van der Waals surface area (Å²) < 4.78 is 11.2. The summed E-state index contributed by atoms with van der Waals surface area (Å²) in [5.41, 5.74) is 6.06. The zero-order valence-corrected chi connectivity index (χ0v) is 17.1. The van der Waals surface area contributed by atoms with Gasteiger partial charge in [-0.2, -0.15) is 0 Å². The Morgan fingerprint density at radius 2 is 1.53 bits per heavy atom. The monoisotopic (exact) mass is 424 g/mol. The Labute approximate surface area is 179 Å². The van der Waals surface area contributed by atoms with Crippen LogP contribution in [0.3, 0.4) is 0 Å². The second-order valence-corrected chi connectivity index (χ2v) is 6.89. The molecule has 3 rings (SSSR count). The Hall–Kier alpha value is -3.51. The third-order valence-corrected chi connectivity index (χ3v) is 4.41. The fourth-order valence-electron chi connectivity index (χ4n) is 2.50. The number of hydrogen-bond donors (Lipinski definition) is 2. The van der Waals surface area contributed by atoms with Crippen molar-refractivity contribution in [2.75, 3.05) is 0 Å². The highest BCUT2D eigenvalue weighted by Crippen LogP contribution is 2.17. The van der Waals surface area contributed by atoms with Gasteiger partial charge in [-0.05, 0) is 61.0 Å². The molecule has 1 atom stereocenters. The van der Waals surface area contributed by atoms with Gasteiger partial charge < -0.3 is 9.47 Å². The average Bonchev–Trinajstić information content (AvgIpc) is 2.78. The molecule has 0 aromatic heterocycles. The smallest absolute Gasteiger partial charge is 0.279 e. The largest absolute Gasteiger partial charge is 0.489 e. The van der Waals surface area contributed by atoms with Crippen molar-refractivity contribution in [1.29, 1.82) is 0 Å². The van der Waals surface area contributed by atoms with Crippen molar-refractivity contribution in [1.82, 2.24) is 10.9 Å². The summed E-state index contributed by atoms with van der Waals surface area (Å²) in [4.78, 5) is 24.3. The molecule has 2 N–H and O–H groups in total. The van der Waals surface area contributed by atoms with Gasteiger partial charge in [-0.25, -0.2) is 0 Å². The van der Waals surface area contributed by atoms with E-state index in [4.69, 9.17) is 21.1 Å². The van der Waals surface area contributed by atoms with Gasteiger partial charge in [-0.3, -0.25) is 20.4 Å². The van der Waals surface area contributed by atoms with E-state index in [-0.39, 0.29) is 0 Å². The number of ether oxygens (including phenoxy) is 2. The Balaban J connectivity index is 1.45. The lowest BCUT2D eigenvalue weighted by Crippen LogP contribution is -2.47. The van der Waals surface area contributed by atoms with E-state index in [9.17, 15) is 9.59 Å². The number of carbonyl (C=O) groups is 2. The van der Waals surface area contributed by atoms with Crippen LogP contribution in [0.4, 0.5) is 0 Å². The van der Waals surface area contributed by atoms with Gasteiger partial charge in [0, 0.05) is 10.6 Å². The molecule has 0 saturated carbocycles. The summed E-state index contributed by atoms with van der Waals surface area (Å²) in [6, 6.07) is 22.9. The Kier molecular flexibility index (Phi) is 7.29. The van der Waals surface area contributed by atoms with Crippen molar-refractivity contribution in [2.24, 2.45) is 0 Å². The molecule has 3 aromatic carbocycles. The van der Waals surface area contributed by atoms with Crippen molar-refractivity contribution in [2.45, 2.75) is 19.6 Å². The second kappa shape index (κ2) is 10.3. The molecule has 0 aliphatic carbocycles. The summed E-state index contributed by atoms with van der Waals surface area (Å²) in [5.74, 6) is 0.388. The molecule has 0 aliphatic heterocycles. The molecular formula is C23H21ClN2O4. The van der Waals surface area contributed by atoms with Crippen LogP contribution in [0.5, 0.6) is 11.5 Å². The minimum atomic E-state index is -0.764. The minimum Gasteiger partial charge on any atom is -0.489 e. The molecule has 6 nitrogen and oxygen atoms in total. The van der Waals surface area contributed by atoms with E-state index in [0.717, 1.165) is 5.56 Å². The lowest BCUT2D eigenvalue weighted by molar-refractivity contribution is -0.128. The minimum absolute atomic E-state index is 0.356. The number of benzene rings is 3. The van der Waals surface area contributed by atoms with Crippen LogP contribution in [0.25, 0.3) is 0 Å². The van der Waals surface area contributed by atoms with E-state index < -0.39 is 17.9 Å². The Bertz CT molecular complexity index is 976. The molecule has 0 bridgehead atoms. The summed E-state index contributed by atoms with van der Waals surface area (Å²) in [6.07, 6.45) is -0.764. The highest BCUT2D eigenvalue weighted by molar-refractivity contribution is 6.30. The van der Waals surface area contributed by atoms with Crippen LogP contribution in [0.2, 0.25) is 5.02 Å². The lowest BCUT2D eigenvalue weighted by Gasteiger charge is -2.15. The van der Waals surface area contributed by atoms with Gasteiger partial charge in [0.05, 0.1) is 0 Å². The van der Waals surface area contributed by atoms with Crippen molar-refractivity contribution in [3.8, 4) is 11.5 Å². The predicted molar refractivity (Wildman–Crippen MR) is 114 cm³/mol.